The van der Waals surface area contributed by atoms with Gasteiger partial charge in [-0.1, -0.05) is 6.92 Å². The number of rotatable bonds is 12. The average molecular weight is 541 g/mol. The summed E-state index contributed by atoms with van der Waals surface area (Å²) in [6, 6.07) is 10.2. The zero-order valence-electron chi connectivity index (χ0n) is 24.2. The van der Waals surface area contributed by atoms with Crippen LogP contribution in [-0.2, 0) is 19.1 Å². The van der Waals surface area contributed by atoms with E-state index in [4.69, 9.17) is 23.7 Å². The monoisotopic (exact) mass is 540 g/mol. The van der Waals surface area contributed by atoms with Crippen molar-refractivity contribution in [3.8, 4) is 17.2 Å². The third-order valence-corrected chi connectivity index (χ3v) is 5.37. The Labute approximate surface area is 231 Å². The lowest BCUT2D eigenvalue weighted by molar-refractivity contribution is -0.160. The van der Waals surface area contributed by atoms with Crippen LogP contribution in [0.15, 0.2) is 42.5 Å². The number of esters is 2. The SMILES string of the molecule is CCCOc1cc(OCOC(=O)C(C)(C)C)c(C)cc1C=CC(=O)c1ccc(OCOC(=O)C(C)(C)C)cc1. The molecule has 0 N–H and O–H groups in total. The Morgan fingerprint density at radius 3 is 1.87 bits per heavy atom. The highest BCUT2D eigenvalue weighted by Gasteiger charge is 2.24. The van der Waals surface area contributed by atoms with Crippen LogP contribution in [0.4, 0.5) is 0 Å². The molecule has 0 spiro atoms. The molecule has 0 aliphatic heterocycles. The van der Waals surface area contributed by atoms with Crippen molar-refractivity contribution in [2.75, 3.05) is 20.2 Å². The Bertz CT molecular complexity index is 1160. The molecule has 0 saturated heterocycles. The highest BCUT2D eigenvalue weighted by atomic mass is 16.7. The van der Waals surface area contributed by atoms with E-state index < -0.39 is 10.8 Å². The van der Waals surface area contributed by atoms with E-state index in [0.29, 0.717) is 35.0 Å². The molecule has 0 saturated carbocycles. The summed E-state index contributed by atoms with van der Waals surface area (Å²) in [5, 5.41) is 0. The van der Waals surface area contributed by atoms with Gasteiger partial charge in [-0.25, -0.2) is 0 Å². The fourth-order valence-electron chi connectivity index (χ4n) is 3.02. The molecule has 0 aliphatic carbocycles. The van der Waals surface area contributed by atoms with Gasteiger partial charge in [0.1, 0.15) is 17.2 Å². The van der Waals surface area contributed by atoms with Crippen LogP contribution >= 0.6 is 0 Å². The van der Waals surface area contributed by atoms with Gasteiger partial charge in [0.15, 0.2) is 5.78 Å². The van der Waals surface area contributed by atoms with Gasteiger partial charge < -0.3 is 23.7 Å². The Morgan fingerprint density at radius 2 is 1.33 bits per heavy atom. The van der Waals surface area contributed by atoms with Gasteiger partial charge in [-0.15, -0.1) is 0 Å². The molecular weight excluding hydrogens is 500 g/mol. The lowest BCUT2D eigenvalue weighted by atomic mass is 9.97. The van der Waals surface area contributed by atoms with Crippen molar-refractivity contribution in [2.45, 2.75) is 61.8 Å². The van der Waals surface area contributed by atoms with E-state index in [1.165, 1.54) is 6.08 Å². The zero-order valence-corrected chi connectivity index (χ0v) is 24.2. The number of aryl methyl sites for hydroxylation is 1. The number of carbonyl (C=O) groups is 3. The first-order chi connectivity index (χ1) is 18.2. The van der Waals surface area contributed by atoms with E-state index in [9.17, 15) is 14.4 Å². The van der Waals surface area contributed by atoms with E-state index in [2.05, 4.69) is 0 Å². The predicted octanol–water partition coefficient (Wildman–Crippen LogP) is 6.53. The minimum absolute atomic E-state index is 0.200. The van der Waals surface area contributed by atoms with Gasteiger partial charge in [-0.05, 0) is 103 Å². The summed E-state index contributed by atoms with van der Waals surface area (Å²) in [6.45, 7) is 14.5. The third-order valence-electron chi connectivity index (χ3n) is 5.37. The lowest BCUT2D eigenvalue weighted by Gasteiger charge is -2.18. The number of ketones is 1. The first-order valence-corrected chi connectivity index (χ1v) is 12.9. The quantitative estimate of drug-likeness (QED) is 0.130. The summed E-state index contributed by atoms with van der Waals surface area (Å²) in [7, 11) is 0. The first kappa shape index (κ1) is 31.4. The Hall–Kier alpha value is -3.81. The smallest absolute Gasteiger partial charge is 0.314 e. The fourth-order valence-corrected chi connectivity index (χ4v) is 3.02. The Balaban J connectivity index is 2.07. The van der Waals surface area contributed by atoms with E-state index >= 15 is 0 Å². The molecule has 8 heteroatoms. The fraction of sp³-hybridized carbons (Fsp3) is 0.452. The van der Waals surface area contributed by atoms with Crippen molar-refractivity contribution in [1.29, 1.82) is 0 Å². The Kier molecular flexibility index (Phi) is 11.1. The van der Waals surface area contributed by atoms with Crippen molar-refractivity contribution >= 4 is 23.8 Å². The largest absolute Gasteiger partial charge is 0.493 e. The van der Waals surface area contributed by atoms with Gasteiger partial charge in [0.2, 0.25) is 13.6 Å². The molecule has 8 nitrogen and oxygen atoms in total. The van der Waals surface area contributed by atoms with Crippen molar-refractivity contribution < 1.29 is 38.1 Å². The second-order valence-corrected chi connectivity index (χ2v) is 11.1. The second-order valence-electron chi connectivity index (χ2n) is 11.1. The van der Waals surface area contributed by atoms with Gasteiger partial charge in [-0.2, -0.15) is 0 Å². The first-order valence-electron chi connectivity index (χ1n) is 12.9. The van der Waals surface area contributed by atoms with Crippen LogP contribution in [0.3, 0.4) is 0 Å². The summed E-state index contributed by atoms with van der Waals surface area (Å²) >= 11 is 0. The van der Waals surface area contributed by atoms with E-state index in [1.807, 2.05) is 19.9 Å². The van der Waals surface area contributed by atoms with Crippen molar-refractivity contribution in [3.05, 3.63) is 59.2 Å². The maximum Gasteiger partial charge on any atom is 0.314 e. The molecule has 0 fully saturated rings. The van der Waals surface area contributed by atoms with Crippen molar-refractivity contribution in [3.63, 3.8) is 0 Å². The summed E-state index contributed by atoms with van der Waals surface area (Å²) in [5.41, 5.74) is 0.753. The highest BCUT2D eigenvalue weighted by molar-refractivity contribution is 6.07. The molecule has 212 valence electrons. The lowest BCUT2D eigenvalue weighted by Crippen LogP contribution is -2.24. The zero-order chi connectivity index (χ0) is 29.2. The van der Waals surface area contributed by atoms with E-state index in [-0.39, 0.29) is 31.3 Å². The number of hydrogen-bond donors (Lipinski definition) is 0. The minimum Gasteiger partial charge on any atom is -0.493 e. The molecule has 0 radical (unpaired) electrons. The van der Waals surface area contributed by atoms with Gasteiger partial charge in [0.25, 0.3) is 0 Å². The summed E-state index contributed by atoms with van der Waals surface area (Å²) < 4.78 is 27.3. The molecule has 0 atom stereocenters. The van der Waals surface area contributed by atoms with Crippen LogP contribution in [0, 0.1) is 17.8 Å². The summed E-state index contributed by atoms with van der Waals surface area (Å²) in [5.74, 6) is 0.637. The number of allylic oxidation sites excluding steroid dienone is 1. The van der Waals surface area contributed by atoms with Gasteiger partial charge >= 0.3 is 11.9 Å². The topological polar surface area (TPSA) is 97.4 Å². The summed E-state index contributed by atoms with van der Waals surface area (Å²) in [4.78, 5) is 36.6. The van der Waals surface area contributed by atoms with Crippen LogP contribution < -0.4 is 14.2 Å². The molecule has 0 amide bonds. The second kappa shape index (κ2) is 13.8. The molecule has 0 unspecified atom stereocenters. The molecule has 0 aromatic heterocycles. The van der Waals surface area contributed by atoms with Crippen molar-refractivity contribution in [1.82, 2.24) is 0 Å². The van der Waals surface area contributed by atoms with Gasteiger partial charge in [-0.3, -0.25) is 14.4 Å². The predicted molar refractivity (Wildman–Crippen MR) is 149 cm³/mol. The third kappa shape index (κ3) is 10.1. The van der Waals surface area contributed by atoms with Gasteiger partial charge in [0.05, 0.1) is 17.4 Å². The molecule has 0 heterocycles. The number of hydrogen-bond acceptors (Lipinski definition) is 8. The molecule has 39 heavy (non-hydrogen) atoms. The van der Waals surface area contributed by atoms with Crippen LogP contribution in [0.25, 0.3) is 6.08 Å². The Morgan fingerprint density at radius 1 is 0.769 bits per heavy atom. The number of ether oxygens (including phenoxy) is 5. The average Bonchev–Trinajstić information content (AvgIpc) is 2.86. The van der Waals surface area contributed by atoms with Crippen LogP contribution in [0.5, 0.6) is 17.2 Å². The maximum atomic E-state index is 12.8. The summed E-state index contributed by atoms with van der Waals surface area (Å²) in [6.07, 6.45) is 3.97. The highest BCUT2D eigenvalue weighted by Crippen LogP contribution is 2.31. The van der Waals surface area contributed by atoms with Crippen LogP contribution in [0.1, 0.15) is 76.4 Å². The van der Waals surface area contributed by atoms with Gasteiger partial charge in [0, 0.05) is 17.2 Å². The molecular formula is C31H40O8. The van der Waals surface area contributed by atoms with Crippen LogP contribution in [0.2, 0.25) is 0 Å². The minimum atomic E-state index is -0.622. The standard InChI is InChI=1S/C31H40O8/c1-9-16-35-27-18-26(37-20-39-29(34)31(6,7)8)21(2)17-23(27)12-15-25(32)22-10-13-24(14-11-22)36-19-38-28(33)30(3,4)5/h10-15,17-18H,9,16,19-20H2,1-8H3. The molecule has 0 bridgehead atoms. The molecule has 0 aliphatic rings. The number of benzene rings is 2. The molecule has 2 rings (SSSR count). The van der Waals surface area contributed by atoms with Crippen molar-refractivity contribution in [2.24, 2.45) is 10.8 Å². The van der Waals surface area contributed by atoms with Crippen LogP contribution in [-0.4, -0.2) is 37.9 Å². The number of carbonyl (C=O) groups excluding carboxylic acids is 3. The normalized spacial score (nSPS) is 11.7. The molecule has 2 aromatic carbocycles. The maximum absolute atomic E-state index is 12.8. The van der Waals surface area contributed by atoms with E-state index in [0.717, 1.165) is 12.0 Å². The van der Waals surface area contributed by atoms with E-state index in [1.54, 1.807) is 78.0 Å². The molecule has 2 aromatic rings.